The highest BCUT2D eigenvalue weighted by atomic mass is 16.5. The highest BCUT2D eigenvalue weighted by Crippen LogP contribution is 2.59. The van der Waals surface area contributed by atoms with E-state index in [-0.39, 0.29) is 0 Å². The molecule has 9 aromatic rings. The van der Waals surface area contributed by atoms with E-state index in [9.17, 15) is 0 Å². The van der Waals surface area contributed by atoms with E-state index in [2.05, 4.69) is 165 Å². The summed E-state index contributed by atoms with van der Waals surface area (Å²) >= 11 is 0. The van der Waals surface area contributed by atoms with Crippen molar-refractivity contribution in [3.05, 3.63) is 280 Å². The zero-order chi connectivity index (χ0) is 73.5. The van der Waals surface area contributed by atoms with Crippen LogP contribution in [0.25, 0.3) is 6.08 Å². The molecule has 0 unspecified atom stereocenters. The lowest BCUT2D eigenvalue weighted by atomic mass is 9.54. The van der Waals surface area contributed by atoms with Gasteiger partial charge in [0.05, 0.1) is 28.4 Å². The fraction of sp³-hybridized carbons (Fsp3) is 0.333. The molecule has 0 saturated heterocycles. The number of aryl methyl sites for hydroxylation is 1. The van der Waals surface area contributed by atoms with Crippen LogP contribution in [-0.2, 0) is 25.7 Å². The summed E-state index contributed by atoms with van der Waals surface area (Å²) in [6, 6.07) is 73.2. The Labute approximate surface area is 607 Å². The van der Waals surface area contributed by atoms with Crippen molar-refractivity contribution in [1.29, 1.82) is 21.0 Å². The average Bonchev–Trinajstić information content (AvgIpc) is 0.754. The Morgan fingerprint density at radius 1 is 0.304 bits per heavy atom. The minimum absolute atomic E-state index is 0.430. The van der Waals surface area contributed by atoms with Gasteiger partial charge in [0.25, 0.3) is 25.0 Å². The van der Waals surface area contributed by atoms with Gasteiger partial charge in [-0.2, -0.15) is 0 Å². The first-order valence-corrected chi connectivity index (χ1v) is 35.2. The molecule has 2 fully saturated rings. The number of benzene rings is 9. The molecule has 0 amide bonds. The van der Waals surface area contributed by atoms with E-state index >= 15 is 0 Å². The predicted molar refractivity (Wildman–Crippen MR) is 408 cm³/mol. The maximum absolute atomic E-state index is 8.58. The van der Waals surface area contributed by atoms with E-state index in [1.165, 1.54) is 55.6 Å². The number of rotatable bonds is 23. The average molecular weight is 1370 g/mol. The zero-order valence-corrected chi connectivity index (χ0v) is 61.8. The molecule has 0 N–H and O–H groups in total. The van der Waals surface area contributed by atoms with Crippen molar-refractivity contribution in [2.45, 2.75) is 119 Å². The van der Waals surface area contributed by atoms with Crippen LogP contribution in [-0.4, -0.2) is 28.4 Å². The van der Waals surface area contributed by atoms with E-state index in [4.69, 9.17) is 58.9 Å². The monoisotopic (exact) mass is 1360 g/mol. The Balaban J connectivity index is 0.000000182. The molecule has 0 spiro atoms. The van der Waals surface area contributed by atoms with Crippen molar-refractivity contribution in [2.24, 2.45) is 47.3 Å². The maximum Gasteiger partial charge on any atom is 0.292 e. The van der Waals surface area contributed by atoms with Crippen molar-refractivity contribution in [1.82, 2.24) is 0 Å². The van der Waals surface area contributed by atoms with E-state index in [1.54, 1.807) is 53.5 Å². The lowest BCUT2D eigenvalue weighted by molar-refractivity contribution is 0.122. The molecule has 11 rings (SSSR count). The molecule has 528 valence electrons. The first-order valence-electron chi connectivity index (χ1n) is 35.2. The van der Waals surface area contributed by atoms with Gasteiger partial charge in [-0.1, -0.05) is 194 Å². The van der Waals surface area contributed by atoms with Gasteiger partial charge in [0, 0.05) is 0 Å². The fourth-order valence-electron chi connectivity index (χ4n) is 13.8. The van der Waals surface area contributed by atoms with Gasteiger partial charge in [-0.3, -0.25) is 0 Å². The smallest absolute Gasteiger partial charge is 0.292 e. The van der Waals surface area contributed by atoms with E-state index < -0.39 is 0 Å². The molecular formula is C90H100N4O8. The van der Waals surface area contributed by atoms with Gasteiger partial charge in [0.1, 0.15) is 46.0 Å². The van der Waals surface area contributed by atoms with Gasteiger partial charge in [-0.25, -0.2) is 0 Å². The highest BCUT2D eigenvalue weighted by Gasteiger charge is 2.47. The molecule has 12 heteroatoms. The number of allylic oxidation sites excluding steroid dienone is 1. The number of methoxy groups -OCH3 is 4. The van der Waals surface area contributed by atoms with E-state index in [0.29, 0.717) is 94.0 Å². The van der Waals surface area contributed by atoms with Crippen LogP contribution >= 0.6 is 0 Å². The van der Waals surface area contributed by atoms with Crippen molar-refractivity contribution in [2.75, 3.05) is 28.4 Å². The van der Waals surface area contributed by atoms with Gasteiger partial charge < -0.3 is 37.9 Å². The summed E-state index contributed by atoms with van der Waals surface area (Å²) in [7, 11) is 6.83. The number of hydrogen-bond donors (Lipinski definition) is 0. The minimum Gasteiger partial charge on any atom is -0.497 e. The zero-order valence-electron chi connectivity index (χ0n) is 61.8. The number of nitrogens with zero attached hydrogens (tertiary/aromatic N) is 4. The van der Waals surface area contributed by atoms with E-state index in [0.717, 1.165) is 48.7 Å². The topological polar surface area (TPSA) is 169 Å². The molecule has 0 bridgehead atoms. The fourth-order valence-corrected chi connectivity index (χ4v) is 13.8. The first kappa shape index (κ1) is 78.4. The largest absolute Gasteiger partial charge is 0.497 e. The molecule has 2 aliphatic rings. The van der Waals surface area contributed by atoms with Gasteiger partial charge in [-0.15, -0.1) is 21.0 Å². The number of hydrogen-bond acceptors (Lipinski definition) is 12. The molecule has 0 aliphatic heterocycles. The Bertz CT molecular complexity index is 3880. The summed E-state index contributed by atoms with van der Waals surface area (Å²) in [5.41, 5.74) is 13.1. The molecule has 0 aromatic heterocycles. The number of nitriles is 4. The van der Waals surface area contributed by atoms with Gasteiger partial charge in [0.15, 0.2) is 0 Å². The first-order chi connectivity index (χ1) is 49.4. The maximum atomic E-state index is 8.58. The molecule has 9 aromatic carbocycles. The van der Waals surface area contributed by atoms with Crippen LogP contribution in [0.15, 0.2) is 224 Å². The summed E-state index contributed by atoms with van der Waals surface area (Å²) in [5.74, 6) is 12.8. The minimum atomic E-state index is 0.430. The molecule has 12 nitrogen and oxygen atoms in total. The van der Waals surface area contributed by atoms with Crippen molar-refractivity contribution >= 4 is 6.08 Å². The quantitative estimate of drug-likeness (QED) is 0.0557. The SMILES string of the molecule is C/C=C/c1ccc(C)cc1.COc1ccc(C[C@@H](C)[C@@H](C)Cc2ccc(OC)cc2)cc1.COc1ccc([C@@H]2[C@@H](C)[C@@H](C)[C@@H]2c2ccc(OC)cc2)cc1.C[C@@H]1[C@H](C)[C@@H](c2ccc(OC#N)cc2)[C@H]1c1ccc(OC#N)cc1.C[C@H](Cc1ccc(OC#N)cc1)[C@@H](C)Cc1ccc(OC#N)cc1. The van der Waals surface area contributed by atoms with Crippen molar-refractivity contribution in [3.8, 4) is 71.0 Å². The van der Waals surface area contributed by atoms with Crippen LogP contribution in [0.2, 0.25) is 0 Å². The Hall–Kier alpha value is -10.9. The second kappa shape index (κ2) is 40.4. The lowest BCUT2D eigenvalue weighted by Gasteiger charge is -2.50. The normalized spacial score (nSPS) is 18.6. The van der Waals surface area contributed by atoms with Gasteiger partial charge in [0.2, 0.25) is 0 Å². The third-order valence-electron chi connectivity index (χ3n) is 20.7. The molecule has 0 radical (unpaired) electrons. The molecule has 2 saturated carbocycles. The summed E-state index contributed by atoms with van der Waals surface area (Å²) in [6.45, 7) is 22.6. The molecular weight excluding hydrogens is 1270 g/mol. The van der Waals surface area contributed by atoms with Crippen LogP contribution < -0.4 is 37.9 Å². The number of ether oxygens (including phenoxy) is 8. The summed E-state index contributed by atoms with van der Waals surface area (Å²) in [5, 5.41) is 34.2. The van der Waals surface area contributed by atoms with Crippen LogP contribution in [0.1, 0.15) is 142 Å². The van der Waals surface area contributed by atoms with Crippen LogP contribution in [0.4, 0.5) is 0 Å². The highest BCUT2D eigenvalue weighted by molar-refractivity contribution is 5.49. The standard InChI is InChI=1S/C20H18N2O2.C20H20N2O2.C20H24O2.C20H26O2.C10H12/c1-13-14(2)20(16-5-9-18(10-6-16)24-12-22)19(13)15-3-7-17(8-4-15)23-11-21;1-15(11-17-3-7-19(8-4-17)23-13-21)16(2)12-18-5-9-20(10-6-18)24-14-22;1-13-14(2)20(16-7-11-18(22-4)12-8-16)19(13)15-5-9-17(21-3)10-6-15;1-15(13-17-5-9-19(21-3)10-6-17)16(2)14-18-7-11-20(22-4)12-8-18;1-3-4-10-7-5-9(2)6-8-10/h3-10,13-14,19-20H,1-2H3;3-10,15-16H,11-12H2,1-2H3;5-14,19-20H,1-4H3;5-12,15-16H,13-14H2,1-4H3;3-8H,1-2H3/b;;;;4-3+/t13-,14+,19-,20+;15-,16+;13-,14+,19-,20+;15-,16+;. The summed E-state index contributed by atoms with van der Waals surface area (Å²) < 4.78 is 40.3. The molecule has 2 aliphatic carbocycles. The second-order valence-corrected chi connectivity index (χ2v) is 27.1. The molecule has 0 heterocycles. The summed E-state index contributed by atoms with van der Waals surface area (Å²) in [6.07, 6.45) is 15.0. The summed E-state index contributed by atoms with van der Waals surface area (Å²) in [4.78, 5) is 0. The van der Waals surface area contributed by atoms with Crippen LogP contribution in [0.3, 0.4) is 0 Å². The Kier molecular flexibility index (Phi) is 31.0. The van der Waals surface area contributed by atoms with Gasteiger partial charge in [-0.05, 0) is 258 Å². The second-order valence-electron chi connectivity index (χ2n) is 27.1. The lowest BCUT2D eigenvalue weighted by Crippen LogP contribution is -2.39. The van der Waals surface area contributed by atoms with Crippen molar-refractivity contribution in [3.63, 3.8) is 0 Å². The van der Waals surface area contributed by atoms with Crippen molar-refractivity contribution < 1.29 is 37.9 Å². The third-order valence-corrected chi connectivity index (χ3v) is 20.7. The van der Waals surface area contributed by atoms with E-state index in [1.807, 2.05) is 134 Å². The van der Waals surface area contributed by atoms with Crippen LogP contribution in [0, 0.1) is 100 Å². The Morgan fingerprint density at radius 2 is 0.500 bits per heavy atom. The predicted octanol–water partition coefficient (Wildman–Crippen LogP) is 21.7. The molecule has 12 atom stereocenters. The van der Waals surface area contributed by atoms with Crippen LogP contribution in [0.5, 0.6) is 46.0 Å². The van der Waals surface area contributed by atoms with Gasteiger partial charge >= 0.3 is 0 Å². The Morgan fingerprint density at radius 3 is 0.696 bits per heavy atom. The molecule has 102 heavy (non-hydrogen) atoms. The third kappa shape index (κ3) is 22.8.